The lowest BCUT2D eigenvalue weighted by Crippen LogP contribution is -2.44. The number of fused-ring (bicyclic) bond motifs is 3. The molecule has 2 unspecified atom stereocenters. The van der Waals surface area contributed by atoms with E-state index in [-0.39, 0.29) is 23.9 Å². The highest BCUT2D eigenvalue weighted by Gasteiger charge is 2.41. The number of anilines is 2. The van der Waals surface area contributed by atoms with E-state index in [1.165, 1.54) is 0 Å². The average Bonchev–Trinajstić information content (AvgIpc) is 2.83. The van der Waals surface area contributed by atoms with Gasteiger partial charge in [-0.2, -0.15) is 0 Å². The Kier molecular flexibility index (Phi) is 3.34. The zero-order valence-electron chi connectivity index (χ0n) is 11.6. The summed E-state index contributed by atoms with van der Waals surface area (Å²) in [4.78, 5) is 25.9. The van der Waals surface area contributed by atoms with Crippen LogP contribution in [0.4, 0.5) is 11.4 Å². The molecule has 0 aliphatic carbocycles. The fraction of sp³-hybridized carbons (Fsp3) is 0.467. The summed E-state index contributed by atoms with van der Waals surface area (Å²) >= 11 is 0. The van der Waals surface area contributed by atoms with E-state index in [2.05, 4.69) is 15.5 Å². The Labute approximate surface area is 118 Å². The number of amides is 2. The van der Waals surface area contributed by atoms with E-state index in [4.69, 9.17) is 0 Å². The molecule has 2 atom stereocenters. The largest absolute Gasteiger partial charge is 0.356 e. The molecule has 20 heavy (non-hydrogen) atoms. The fourth-order valence-corrected chi connectivity index (χ4v) is 3.03. The summed E-state index contributed by atoms with van der Waals surface area (Å²) in [5.41, 5.74) is 1.90. The zero-order chi connectivity index (χ0) is 14.1. The Morgan fingerprint density at radius 3 is 3.05 bits per heavy atom. The minimum atomic E-state index is -0.170. The van der Waals surface area contributed by atoms with Crippen LogP contribution in [0.25, 0.3) is 0 Å². The van der Waals surface area contributed by atoms with Gasteiger partial charge in [0.2, 0.25) is 11.8 Å². The molecule has 2 aliphatic heterocycles. The van der Waals surface area contributed by atoms with Crippen LogP contribution in [0, 0.1) is 0 Å². The minimum absolute atomic E-state index is 0.0240. The highest BCUT2D eigenvalue weighted by atomic mass is 16.2. The maximum atomic E-state index is 12.1. The van der Waals surface area contributed by atoms with Crippen LogP contribution in [0.2, 0.25) is 0 Å². The number of nitrogens with one attached hydrogen (secondary N) is 2. The maximum absolute atomic E-state index is 12.1. The molecule has 0 spiro atoms. The molecule has 0 saturated carbocycles. The molecule has 2 heterocycles. The van der Waals surface area contributed by atoms with Crippen molar-refractivity contribution in [1.82, 2.24) is 5.32 Å². The van der Waals surface area contributed by atoms with Gasteiger partial charge in [-0.3, -0.25) is 9.59 Å². The van der Waals surface area contributed by atoms with Gasteiger partial charge in [0.15, 0.2) is 0 Å². The van der Waals surface area contributed by atoms with Crippen LogP contribution < -0.4 is 15.5 Å². The molecular weight excluding hydrogens is 254 g/mol. The van der Waals surface area contributed by atoms with Crippen LogP contribution in [-0.2, 0) is 9.59 Å². The second-order valence-electron chi connectivity index (χ2n) is 5.42. The predicted octanol–water partition coefficient (Wildman–Crippen LogP) is 1.50. The first kappa shape index (κ1) is 13.0. The normalized spacial score (nSPS) is 23.9. The predicted molar refractivity (Wildman–Crippen MR) is 77.7 cm³/mol. The van der Waals surface area contributed by atoms with E-state index in [1.54, 1.807) is 0 Å². The first-order valence-electron chi connectivity index (χ1n) is 7.15. The monoisotopic (exact) mass is 273 g/mol. The summed E-state index contributed by atoms with van der Waals surface area (Å²) in [7, 11) is 0. The van der Waals surface area contributed by atoms with Crippen molar-refractivity contribution in [2.75, 3.05) is 16.8 Å². The van der Waals surface area contributed by atoms with Crippen molar-refractivity contribution < 1.29 is 9.59 Å². The summed E-state index contributed by atoms with van der Waals surface area (Å²) in [6, 6.07) is 7.68. The summed E-state index contributed by atoms with van der Waals surface area (Å²) in [5.74, 6) is 0.0991. The van der Waals surface area contributed by atoms with Crippen molar-refractivity contribution >= 4 is 23.2 Å². The number of hydrogen-bond acceptors (Lipinski definition) is 3. The molecule has 1 saturated heterocycles. The van der Waals surface area contributed by atoms with Gasteiger partial charge in [0.1, 0.15) is 6.04 Å². The van der Waals surface area contributed by atoms with E-state index in [0.29, 0.717) is 19.4 Å². The van der Waals surface area contributed by atoms with E-state index < -0.39 is 0 Å². The lowest BCUT2D eigenvalue weighted by molar-refractivity contribution is -0.122. The average molecular weight is 273 g/mol. The molecular formula is C15H19N3O2. The summed E-state index contributed by atoms with van der Waals surface area (Å²) in [6.45, 7) is 2.69. The van der Waals surface area contributed by atoms with Gasteiger partial charge in [-0.05, 0) is 25.0 Å². The Balaban J connectivity index is 1.77. The van der Waals surface area contributed by atoms with Crippen molar-refractivity contribution in [3.05, 3.63) is 24.3 Å². The number of nitrogens with zero attached hydrogens (tertiary/aromatic N) is 1. The third-order valence-electron chi connectivity index (χ3n) is 3.92. The topological polar surface area (TPSA) is 61.4 Å². The van der Waals surface area contributed by atoms with Gasteiger partial charge in [-0.15, -0.1) is 0 Å². The first-order valence-corrected chi connectivity index (χ1v) is 7.15. The van der Waals surface area contributed by atoms with Gasteiger partial charge in [0, 0.05) is 19.0 Å². The van der Waals surface area contributed by atoms with Gasteiger partial charge < -0.3 is 15.5 Å². The van der Waals surface area contributed by atoms with Crippen LogP contribution in [0.3, 0.4) is 0 Å². The van der Waals surface area contributed by atoms with Crippen molar-refractivity contribution in [3.8, 4) is 0 Å². The number of carbonyl (C=O) groups is 2. The quantitative estimate of drug-likeness (QED) is 0.877. The van der Waals surface area contributed by atoms with Gasteiger partial charge in [0.05, 0.1) is 11.4 Å². The molecule has 2 amide bonds. The van der Waals surface area contributed by atoms with E-state index in [1.807, 2.05) is 31.2 Å². The lowest BCUT2D eigenvalue weighted by atomic mass is 10.1. The molecule has 5 nitrogen and oxygen atoms in total. The molecule has 0 radical (unpaired) electrons. The first-order chi connectivity index (χ1) is 9.69. The Morgan fingerprint density at radius 2 is 2.25 bits per heavy atom. The van der Waals surface area contributed by atoms with Gasteiger partial charge in [-0.1, -0.05) is 19.1 Å². The number of carbonyl (C=O) groups excluding carboxylic acids is 2. The smallest absolute Gasteiger partial charge is 0.247 e. The van der Waals surface area contributed by atoms with Crippen LogP contribution in [0.15, 0.2) is 24.3 Å². The molecule has 1 fully saturated rings. The second kappa shape index (κ2) is 5.15. The third-order valence-corrected chi connectivity index (χ3v) is 3.92. The molecule has 0 bridgehead atoms. The molecule has 1 aromatic carbocycles. The minimum Gasteiger partial charge on any atom is -0.356 e. The molecule has 1 aromatic rings. The van der Waals surface area contributed by atoms with Crippen LogP contribution >= 0.6 is 0 Å². The van der Waals surface area contributed by atoms with E-state index >= 15 is 0 Å². The lowest BCUT2D eigenvalue weighted by Gasteiger charge is -2.32. The zero-order valence-corrected chi connectivity index (χ0v) is 11.6. The highest BCUT2D eigenvalue weighted by Crippen LogP contribution is 2.36. The van der Waals surface area contributed by atoms with Crippen molar-refractivity contribution in [1.29, 1.82) is 0 Å². The maximum Gasteiger partial charge on any atom is 0.247 e. The number of rotatable bonds is 3. The SMILES string of the molecule is CCCC(=O)NC1CC2C(=O)Nc3ccccc3N2C1. The molecule has 106 valence electrons. The van der Waals surface area contributed by atoms with Crippen molar-refractivity contribution in [2.24, 2.45) is 0 Å². The van der Waals surface area contributed by atoms with Gasteiger partial charge in [-0.25, -0.2) is 0 Å². The summed E-state index contributed by atoms with van der Waals surface area (Å²) in [5, 5.41) is 5.96. The standard InChI is InChI=1S/C15H19N3O2/c1-2-5-14(19)16-10-8-13-15(20)17-11-6-3-4-7-12(11)18(13)9-10/h3-4,6-7,10,13H,2,5,8-9H2,1H3,(H,16,19)(H,17,20). The van der Waals surface area contributed by atoms with Crippen LogP contribution in [0.5, 0.6) is 0 Å². The molecule has 2 N–H and O–H groups in total. The van der Waals surface area contributed by atoms with Crippen molar-refractivity contribution in [2.45, 2.75) is 38.3 Å². The van der Waals surface area contributed by atoms with E-state index in [0.717, 1.165) is 17.8 Å². The Hall–Kier alpha value is -2.04. The highest BCUT2D eigenvalue weighted by molar-refractivity contribution is 6.04. The molecule has 0 aromatic heterocycles. The van der Waals surface area contributed by atoms with Crippen molar-refractivity contribution in [3.63, 3.8) is 0 Å². The molecule has 2 aliphatic rings. The second-order valence-corrected chi connectivity index (χ2v) is 5.42. The summed E-state index contributed by atoms with van der Waals surface area (Å²) in [6.07, 6.45) is 2.06. The third kappa shape index (κ3) is 2.24. The van der Waals surface area contributed by atoms with Crippen LogP contribution in [-0.4, -0.2) is 30.4 Å². The number of para-hydroxylation sites is 2. The number of hydrogen-bond donors (Lipinski definition) is 2. The Morgan fingerprint density at radius 1 is 1.45 bits per heavy atom. The molecule has 3 rings (SSSR count). The van der Waals surface area contributed by atoms with E-state index in [9.17, 15) is 9.59 Å². The molecule has 5 heteroatoms. The van der Waals surface area contributed by atoms with Gasteiger partial charge in [0.25, 0.3) is 0 Å². The fourth-order valence-electron chi connectivity index (χ4n) is 3.03. The number of benzene rings is 1. The Bertz CT molecular complexity index is 544. The van der Waals surface area contributed by atoms with Crippen LogP contribution in [0.1, 0.15) is 26.2 Å². The van der Waals surface area contributed by atoms with Gasteiger partial charge >= 0.3 is 0 Å². The summed E-state index contributed by atoms with van der Waals surface area (Å²) < 4.78 is 0.